The predicted molar refractivity (Wildman–Crippen MR) is 122 cm³/mol. The van der Waals surface area contributed by atoms with Gasteiger partial charge in [0.15, 0.2) is 5.82 Å². The normalized spacial score (nSPS) is 12.5. The van der Waals surface area contributed by atoms with Gasteiger partial charge in [-0.2, -0.15) is 4.98 Å². The third kappa shape index (κ3) is 4.38. The highest BCUT2D eigenvalue weighted by atomic mass is 16.5. The fraction of sp³-hybridized carbons (Fsp3) is 0.182. The van der Waals surface area contributed by atoms with E-state index in [-0.39, 0.29) is 17.8 Å². The first-order valence-electron chi connectivity index (χ1n) is 9.97. The van der Waals surface area contributed by atoms with Crippen molar-refractivity contribution in [3.05, 3.63) is 71.3 Å². The van der Waals surface area contributed by atoms with Gasteiger partial charge in [-0.1, -0.05) is 35.5 Å². The van der Waals surface area contributed by atoms with E-state index in [2.05, 4.69) is 35.4 Å². The number of aromatic nitrogens is 6. The van der Waals surface area contributed by atoms with Crippen LogP contribution in [0, 0.1) is 19.3 Å². The average Bonchev–Trinajstić information content (AvgIpc) is 3.40. The number of hydrogen-bond donors (Lipinski definition) is 4. The maximum atomic E-state index is 8.85. The van der Waals surface area contributed by atoms with E-state index >= 15 is 0 Å². The SMILES string of the molecule is Cc1noc(-c2c(N)ncnc2N[C@@H](C)/C(=C/c2ncc(C)[nH]2)C(=N)c2ccccc2)n1. The first-order chi connectivity index (χ1) is 15.4. The fourth-order valence-corrected chi connectivity index (χ4v) is 3.24. The molecule has 0 aliphatic heterocycles. The summed E-state index contributed by atoms with van der Waals surface area (Å²) < 4.78 is 5.30. The van der Waals surface area contributed by atoms with E-state index in [1.165, 1.54) is 6.33 Å². The van der Waals surface area contributed by atoms with Gasteiger partial charge in [-0.05, 0) is 32.4 Å². The van der Waals surface area contributed by atoms with Crippen LogP contribution in [-0.2, 0) is 0 Å². The van der Waals surface area contributed by atoms with E-state index in [1.807, 2.05) is 50.3 Å². The van der Waals surface area contributed by atoms with E-state index in [4.69, 9.17) is 15.7 Å². The molecule has 0 radical (unpaired) electrons. The maximum absolute atomic E-state index is 8.85. The van der Waals surface area contributed by atoms with Gasteiger partial charge in [0.05, 0.1) is 11.8 Å². The molecule has 10 nitrogen and oxygen atoms in total. The van der Waals surface area contributed by atoms with Gasteiger partial charge in [-0.15, -0.1) is 0 Å². The average molecular weight is 429 g/mol. The van der Waals surface area contributed by atoms with Gasteiger partial charge in [0.25, 0.3) is 5.89 Å². The zero-order valence-electron chi connectivity index (χ0n) is 17.9. The zero-order chi connectivity index (χ0) is 22.7. The van der Waals surface area contributed by atoms with Gasteiger partial charge in [-0.25, -0.2) is 15.0 Å². The molecule has 1 aromatic carbocycles. The lowest BCUT2D eigenvalue weighted by atomic mass is 9.96. The maximum Gasteiger partial charge on any atom is 0.265 e. The first-order valence-corrected chi connectivity index (χ1v) is 9.97. The van der Waals surface area contributed by atoms with Crippen molar-refractivity contribution in [1.29, 1.82) is 5.41 Å². The van der Waals surface area contributed by atoms with Crippen molar-refractivity contribution in [2.24, 2.45) is 0 Å². The summed E-state index contributed by atoms with van der Waals surface area (Å²) in [4.78, 5) is 20.2. The van der Waals surface area contributed by atoms with E-state index in [0.29, 0.717) is 34.3 Å². The lowest BCUT2D eigenvalue weighted by molar-refractivity contribution is 0.425. The first kappa shape index (κ1) is 20.9. The van der Waals surface area contributed by atoms with Crippen LogP contribution in [0.5, 0.6) is 0 Å². The molecule has 0 saturated carbocycles. The number of H-pyrrole nitrogens is 1. The molecule has 0 bridgehead atoms. The fourth-order valence-electron chi connectivity index (χ4n) is 3.24. The van der Waals surface area contributed by atoms with Crippen molar-refractivity contribution in [2.45, 2.75) is 26.8 Å². The van der Waals surface area contributed by atoms with Crippen LogP contribution in [0.1, 0.15) is 29.8 Å². The molecule has 0 aliphatic carbocycles. The summed E-state index contributed by atoms with van der Waals surface area (Å²) in [5.74, 6) is 1.99. The molecule has 4 aromatic rings. The second-order valence-corrected chi connectivity index (χ2v) is 7.29. The minimum absolute atomic E-state index is 0.212. The highest BCUT2D eigenvalue weighted by Gasteiger charge is 2.22. The number of nitrogens with one attached hydrogen (secondary N) is 3. The van der Waals surface area contributed by atoms with E-state index in [1.54, 1.807) is 13.1 Å². The Morgan fingerprint density at radius 2 is 1.97 bits per heavy atom. The second-order valence-electron chi connectivity index (χ2n) is 7.29. The standard InChI is InChI=1S/C22H23N9O/c1-12-10-25-17(28-12)9-16(19(23)15-7-5-4-6-8-15)13(2)29-21-18(20(24)26-11-27-21)22-30-14(3)31-32-22/h4-11,13,23H,1-3H3,(H,25,28)(H3,24,26,27,29)/b16-9-,23-19?/t13-/m0/s1. The van der Waals surface area contributed by atoms with Gasteiger partial charge >= 0.3 is 0 Å². The summed E-state index contributed by atoms with van der Waals surface area (Å²) in [6.07, 6.45) is 4.95. The third-order valence-corrected chi connectivity index (χ3v) is 4.80. The molecule has 4 rings (SSSR count). The van der Waals surface area contributed by atoms with Crippen LogP contribution in [-0.4, -0.2) is 41.8 Å². The van der Waals surface area contributed by atoms with Crippen LogP contribution in [0.2, 0.25) is 0 Å². The molecule has 0 fully saturated rings. The summed E-state index contributed by atoms with van der Waals surface area (Å²) in [5, 5.41) is 16.0. The second kappa shape index (κ2) is 8.80. The van der Waals surface area contributed by atoms with Crippen molar-refractivity contribution in [3.63, 3.8) is 0 Å². The largest absolute Gasteiger partial charge is 0.383 e. The van der Waals surface area contributed by atoms with Gasteiger partial charge in [0.1, 0.15) is 29.4 Å². The summed E-state index contributed by atoms with van der Waals surface area (Å²) in [7, 11) is 0. The quantitative estimate of drug-likeness (QED) is 0.326. The lowest BCUT2D eigenvalue weighted by Gasteiger charge is -2.20. The zero-order valence-corrected chi connectivity index (χ0v) is 17.9. The Labute approximate surface area is 184 Å². The number of aromatic amines is 1. The molecule has 32 heavy (non-hydrogen) atoms. The summed E-state index contributed by atoms with van der Waals surface area (Å²) in [6.45, 7) is 5.58. The molecule has 10 heteroatoms. The Kier molecular flexibility index (Phi) is 5.75. The van der Waals surface area contributed by atoms with Gasteiger partial charge in [0, 0.05) is 17.5 Å². The Morgan fingerprint density at radius 3 is 2.62 bits per heavy atom. The molecule has 3 heterocycles. The van der Waals surface area contributed by atoms with Crippen LogP contribution in [0.3, 0.4) is 0 Å². The van der Waals surface area contributed by atoms with Gasteiger partial charge in [-0.3, -0.25) is 5.41 Å². The topological polar surface area (TPSA) is 155 Å². The molecule has 162 valence electrons. The number of nitrogens with zero attached hydrogens (tertiary/aromatic N) is 5. The highest BCUT2D eigenvalue weighted by molar-refractivity contribution is 6.14. The van der Waals surface area contributed by atoms with Crippen LogP contribution >= 0.6 is 0 Å². The number of nitrogens with two attached hydrogens (primary N) is 1. The molecular formula is C22H23N9O. The predicted octanol–water partition coefficient (Wildman–Crippen LogP) is 3.40. The van der Waals surface area contributed by atoms with Crippen LogP contribution in [0.4, 0.5) is 11.6 Å². The summed E-state index contributed by atoms with van der Waals surface area (Å²) >= 11 is 0. The Bertz CT molecular complexity index is 1270. The van der Waals surface area contributed by atoms with E-state index < -0.39 is 0 Å². The monoisotopic (exact) mass is 429 g/mol. The number of rotatable bonds is 7. The van der Waals surface area contributed by atoms with Crippen molar-refractivity contribution in [3.8, 4) is 11.5 Å². The molecular weight excluding hydrogens is 406 g/mol. The Morgan fingerprint density at radius 1 is 1.19 bits per heavy atom. The molecule has 0 unspecified atom stereocenters. The molecule has 0 saturated heterocycles. The molecule has 0 spiro atoms. The molecule has 0 aliphatic rings. The Hall–Kier alpha value is -4.34. The molecule has 1 atom stereocenters. The summed E-state index contributed by atoms with van der Waals surface area (Å²) in [5.41, 5.74) is 9.29. The van der Waals surface area contributed by atoms with Crippen LogP contribution in [0.15, 0.2) is 53.0 Å². The number of anilines is 2. The number of hydrogen-bond acceptors (Lipinski definition) is 9. The third-order valence-electron chi connectivity index (χ3n) is 4.80. The van der Waals surface area contributed by atoms with E-state index in [0.717, 1.165) is 11.3 Å². The van der Waals surface area contributed by atoms with Crippen molar-refractivity contribution >= 4 is 23.4 Å². The minimum atomic E-state index is -0.342. The Balaban J connectivity index is 1.73. The molecule has 5 N–H and O–H groups in total. The number of benzene rings is 1. The van der Waals surface area contributed by atoms with Gasteiger partial charge < -0.3 is 20.6 Å². The molecule has 3 aromatic heterocycles. The molecule has 0 amide bonds. The lowest BCUT2D eigenvalue weighted by Crippen LogP contribution is -2.25. The summed E-state index contributed by atoms with van der Waals surface area (Å²) in [6, 6.07) is 9.16. The van der Waals surface area contributed by atoms with Crippen molar-refractivity contribution in [2.75, 3.05) is 11.1 Å². The number of nitrogen functional groups attached to an aromatic ring is 1. The number of aryl methyl sites for hydroxylation is 2. The smallest absolute Gasteiger partial charge is 0.265 e. The number of imidazole rings is 1. The van der Waals surface area contributed by atoms with Crippen molar-refractivity contribution < 1.29 is 4.52 Å². The van der Waals surface area contributed by atoms with E-state index in [9.17, 15) is 0 Å². The minimum Gasteiger partial charge on any atom is -0.383 e. The van der Waals surface area contributed by atoms with Gasteiger partial charge in [0.2, 0.25) is 0 Å². The van der Waals surface area contributed by atoms with Crippen LogP contribution in [0.25, 0.3) is 17.5 Å². The van der Waals surface area contributed by atoms with Crippen LogP contribution < -0.4 is 11.1 Å². The highest BCUT2D eigenvalue weighted by Crippen LogP contribution is 2.30. The van der Waals surface area contributed by atoms with Crippen molar-refractivity contribution in [1.82, 2.24) is 30.1 Å².